The lowest BCUT2D eigenvalue weighted by Gasteiger charge is -2.08. The van der Waals surface area contributed by atoms with E-state index in [1.807, 2.05) is 0 Å². The second-order valence-corrected chi connectivity index (χ2v) is 7.84. The number of halogens is 2. The molecule has 0 radical (unpaired) electrons. The Kier molecular flexibility index (Phi) is 5.37. The number of rotatable bonds is 5. The molecule has 148 valence electrons. The molecule has 0 aliphatic heterocycles. The van der Waals surface area contributed by atoms with Crippen molar-refractivity contribution in [3.63, 3.8) is 0 Å². The van der Waals surface area contributed by atoms with Gasteiger partial charge in [-0.2, -0.15) is 0 Å². The molecular weight excluding hydrogens is 406 g/mol. The van der Waals surface area contributed by atoms with Gasteiger partial charge < -0.3 is 5.32 Å². The number of carbonyl (C=O) groups excluding carboxylic acids is 1. The molecule has 0 aromatic heterocycles. The van der Waals surface area contributed by atoms with Gasteiger partial charge in [0.05, 0.1) is 14.7 Å². The van der Waals surface area contributed by atoms with Gasteiger partial charge in [-0.15, -0.1) is 0 Å². The molecule has 3 aromatic carbocycles. The van der Waals surface area contributed by atoms with Gasteiger partial charge in [0.25, 0.3) is 11.6 Å². The molecule has 3 rings (SSSR count). The van der Waals surface area contributed by atoms with E-state index in [2.05, 4.69) is 5.32 Å². The number of nitro groups is 1. The maximum absolute atomic E-state index is 13.2. The highest BCUT2D eigenvalue weighted by Crippen LogP contribution is 2.24. The minimum absolute atomic E-state index is 0.0962. The molecule has 0 bridgehead atoms. The van der Waals surface area contributed by atoms with Crippen molar-refractivity contribution in [3.05, 3.63) is 94.0 Å². The average Bonchev–Trinajstić information content (AvgIpc) is 2.67. The zero-order chi connectivity index (χ0) is 21.2. The molecule has 0 atom stereocenters. The first-order valence-electron chi connectivity index (χ1n) is 8.04. The van der Waals surface area contributed by atoms with Crippen molar-refractivity contribution in [2.45, 2.75) is 9.79 Å². The summed E-state index contributed by atoms with van der Waals surface area (Å²) in [7, 11) is -3.92. The summed E-state index contributed by atoms with van der Waals surface area (Å²) < 4.78 is 51.6. The van der Waals surface area contributed by atoms with E-state index >= 15 is 0 Å². The Balaban J connectivity index is 1.80. The number of hydrogen-bond acceptors (Lipinski definition) is 5. The Bertz CT molecular complexity index is 1170. The highest BCUT2D eigenvalue weighted by atomic mass is 32.2. The summed E-state index contributed by atoms with van der Waals surface area (Å²) in [5.41, 5.74) is -0.261. The Labute approximate surface area is 163 Å². The Morgan fingerprint density at radius 2 is 1.34 bits per heavy atom. The van der Waals surface area contributed by atoms with Crippen LogP contribution in [0.3, 0.4) is 0 Å². The third kappa shape index (κ3) is 4.43. The molecule has 0 fully saturated rings. The van der Waals surface area contributed by atoms with Crippen LogP contribution in [0.15, 0.2) is 76.5 Å². The number of amides is 1. The molecule has 0 aliphatic carbocycles. The van der Waals surface area contributed by atoms with Gasteiger partial charge in [-0.05, 0) is 48.5 Å². The second-order valence-electron chi connectivity index (χ2n) is 5.89. The number of nitrogens with zero attached hydrogens (tertiary/aromatic N) is 1. The summed E-state index contributed by atoms with van der Waals surface area (Å²) in [6.45, 7) is 0. The lowest BCUT2D eigenvalue weighted by molar-refractivity contribution is -0.384. The number of anilines is 1. The van der Waals surface area contributed by atoms with Crippen molar-refractivity contribution < 1.29 is 26.9 Å². The maximum Gasteiger partial charge on any atom is 0.269 e. The van der Waals surface area contributed by atoms with Crippen LogP contribution in [-0.4, -0.2) is 19.2 Å². The predicted octanol–water partition coefficient (Wildman–Crippen LogP) is 3.96. The number of hydrogen-bond donors (Lipinski definition) is 1. The minimum Gasteiger partial charge on any atom is -0.322 e. The van der Waals surface area contributed by atoms with E-state index in [1.54, 1.807) is 0 Å². The molecule has 1 N–H and O–H groups in total. The molecule has 0 aliphatic rings. The summed E-state index contributed by atoms with van der Waals surface area (Å²) in [5.74, 6) is -2.58. The molecule has 7 nitrogen and oxygen atoms in total. The number of nitrogens with one attached hydrogen (secondary N) is 1. The second kappa shape index (κ2) is 7.76. The number of sulfone groups is 1. The SMILES string of the molecule is O=C(Nc1ccc(S(=O)(=O)c2ccc([N+](=O)[O-])cc2)cc1)c1cc(F)cc(F)c1. The lowest BCUT2D eigenvalue weighted by atomic mass is 10.2. The van der Waals surface area contributed by atoms with Gasteiger partial charge in [-0.25, -0.2) is 17.2 Å². The smallest absolute Gasteiger partial charge is 0.269 e. The van der Waals surface area contributed by atoms with Gasteiger partial charge in [0.1, 0.15) is 11.6 Å². The minimum atomic E-state index is -3.92. The number of benzene rings is 3. The molecule has 3 aromatic rings. The van der Waals surface area contributed by atoms with Crippen molar-refractivity contribution in [1.82, 2.24) is 0 Å². The molecule has 0 unspecified atom stereocenters. The van der Waals surface area contributed by atoms with Crippen LogP contribution < -0.4 is 5.32 Å². The Morgan fingerprint density at radius 1 is 0.862 bits per heavy atom. The molecule has 0 saturated carbocycles. The summed E-state index contributed by atoms with van der Waals surface area (Å²) in [6, 6.07) is 11.9. The van der Waals surface area contributed by atoms with Crippen LogP contribution in [0.5, 0.6) is 0 Å². The first-order valence-corrected chi connectivity index (χ1v) is 9.52. The van der Waals surface area contributed by atoms with Gasteiger partial charge in [0.15, 0.2) is 0 Å². The zero-order valence-electron chi connectivity index (χ0n) is 14.5. The van der Waals surface area contributed by atoms with Gasteiger partial charge >= 0.3 is 0 Å². The summed E-state index contributed by atoms with van der Waals surface area (Å²) in [5, 5.41) is 13.1. The van der Waals surface area contributed by atoms with E-state index in [0.717, 1.165) is 36.4 Å². The molecule has 0 heterocycles. The molecule has 0 saturated heterocycles. The third-order valence-electron chi connectivity index (χ3n) is 3.91. The highest BCUT2D eigenvalue weighted by molar-refractivity contribution is 7.91. The van der Waals surface area contributed by atoms with Crippen molar-refractivity contribution in [2.75, 3.05) is 5.32 Å². The number of nitro benzene ring substituents is 1. The summed E-state index contributed by atoms with van der Waals surface area (Å²) >= 11 is 0. The van der Waals surface area contributed by atoms with Gasteiger partial charge in [-0.1, -0.05) is 0 Å². The molecule has 0 spiro atoms. The number of non-ortho nitro benzene ring substituents is 1. The summed E-state index contributed by atoms with van der Waals surface area (Å²) in [4.78, 5) is 21.9. The van der Waals surface area contributed by atoms with Crippen molar-refractivity contribution in [1.29, 1.82) is 0 Å². The van der Waals surface area contributed by atoms with Crippen LogP contribution in [0.4, 0.5) is 20.2 Å². The fourth-order valence-electron chi connectivity index (χ4n) is 2.49. The van der Waals surface area contributed by atoms with E-state index in [4.69, 9.17) is 0 Å². The quantitative estimate of drug-likeness (QED) is 0.499. The van der Waals surface area contributed by atoms with Gasteiger partial charge in [-0.3, -0.25) is 14.9 Å². The first-order chi connectivity index (χ1) is 13.7. The van der Waals surface area contributed by atoms with E-state index in [1.165, 1.54) is 24.3 Å². The average molecular weight is 418 g/mol. The van der Waals surface area contributed by atoms with Crippen LogP contribution >= 0.6 is 0 Å². The van der Waals surface area contributed by atoms with E-state index in [0.29, 0.717) is 6.07 Å². The monoisotopic (exact) mass is 418 g/mol. The Morgan fingerprint density at radius 3 is 1.83 bits per heavy atom. The highest BCUT2D eigenvalue weighted by Gasteiger charge is 2.19. The zero-order valence-corrected chi connectivity index (χ0v) is 15.3. The lowest BCUT2D eigenvalue weighted by Crippen LogP contribution is -2.12. The fraction of sp³-hybridized carbons (Fsp3) is 0. The van der Waals surface area contributed by atoms with Crippen LogP contribution in [0.25, 0.3) is 0 Å². The van der Waals surface area contributed by atoms with Crippen molar-refractivity contribution in [2.24, 2.45) is 0 Å². The molecular formula is C19H12F2N2O5S. The standard InChI is InChI=1S/C19H12F2N2O5S/c20-13-9-12(10-14(21)11-13)19(24)22-15-1-5-17(6-2-15)29(27,28)18-7-3-16(4-8-18)23(25)26/h1-11H,(H,22,24). The van der Waals surface area contributed by atoms with E-state index in [9.17, 15) is 32.1 Å². The van der Waals surface area contributed by atoms with Crippen molar-refractivity contribution in [3.8, 4) is 0 Å². The van der Waals surface area contributed by atoms with E-state index < -0.39 is 32.3 Å². The number of carbonyl (C=O) groups is 1. The fourth-order valence-corrected chi connectivity index (χ4v) is 3.75. The third-order valence-corrected chi connectivity index (χ3v) is 5.69. The first kappa shape index (κ1) is 20.1. The molecule has 1 amide bonds. The van der Waals surface area contributed by atoms with Crippen LogP contribution in [0, 0.1) is 21.7 Å². The van der Waals surface area contributed by atoms with Gasteiger partial charge in [0, 0.05) is 29.4 Å². The maximum atomic E-state index is 13.2. The largest absolute Gasteiger partial charge is 0.322 e. The topological polar surface area (TPSA) is 106 Å². The Hall–Kier alpha value is -3.66. The molecule has 29 heavy (non-hydrogen) atoms. The summed E-state index contributed by atoms with van der Waals surface area (Å²) in [6.07, 6.45) is 0. The van der Waals surface area contributed by atoms with Crippen LogP contribution in [0.2, 0.25) is 0 Å². The van der Waals surface area contributed by atoms with Crippen molar-refractivity contribution >= 4 is 27.1 Å². The van der Waals surface area contributed by atoms with E-state index in [-0.39, 0.29) is 26.7 Å². The van der Waals surface area contributed by atoms with Crippen LogP contribution in [0.1, 0.15) is 10.4 Å². The van der Waals surface area contributed by atoms with Crippen LogP contribution in [-0.2, 0) is 9.84 Å². The predicted molar refractivity (Wildman–Crippen MR) is 99.3 cm³/mol. The van der Waals surface area contributed by atoms with Gasteiger partial charge in [0.2, 0.25) is 9.84 Å². The normalized spacial score (nSPS) is 11.1. The molecule has 10 heteroatoms.